The van der Waals surface area contributed by atoms with E-state index in [1.807, 2.05) is 31.2 Å². The average molecular weight is 467 g/mol. The number of sulfonamides is 1. The summed E-state index contributed by atoms with van der Waals surface area (Å²) >= 11 is 0.799. The molecule has 0 aliphatic carbocycles. The van der Waals surface area contributed by atoms with Crippen LogP contribution in [0.4, 0.5) is 13.9 Å². The number of benzene rings is 1. The van der Waals surface area contributed by atoms with E-state index < -0.39 is 26.6 Å². The zero-order valence-corrected chi connectivity index (χ0v) is 18.7. The number of hydrogen-bond acceptors (Lipinski definition) is 6. The molecule has 31 heavy (non-hydrogen) atoms. The standard InChI is InChI=1S/C21H24F2N4O2S2/c1-3-4-5-8-15(2)19-9-6-7-10-27(19)13-16-11-18(23)20(12-17(16)22)31(28,29)26-21-24-14-25-30-21/h3-5,8,11-12,14,19H,2,6-7,9-10,13H2,1H3,(H,24,25,26)/b4-3-,8-5-/t19-/m1/s1. The van der Waals surface area contributed by atoms with Gasteiger partial charge in [-0.05, 0) is 44.0 Å². The van der Waals surface area contributed by atoms with Crippen LogP contribution in [-0.4, -0.2) is 35.3 Å². The zero-order chi connectivity index (χ0) is 22.4. The van der Waals surface area contributed by atoms with Crippen LogP contribution in [0.1, 0.15) is 31.7 Å². The molecule has 0 radical (unpaired) electrons. The molecule has 1 aliphatic heterocycles. The molecule has 0 amide bonds. The van der Waals surface area contributed by atoms with Gasteiger partial charge in [-0.1, -0.05) is 37.3 Å². The monoisotopic (exact) mass is 466 g/mol. The number of anilines is 1. The zero-order valence-electron chi connectivity index (χ0n) is 17.1. The lowest BCUT2D eigenvalue weighted by Gasteiger charge is -2.36. The number of likely N-dealkylation sites (tertiary alicyclic amines) is 1. The van der Waals surface area contributed by atoms with Crippen molar-refractivity contribution in [3.63, 3.8) is 0 Å². The van der Waals surface area contributed by atoms with E-state index in [0.717, 1.165) is 49.0 Å². The summed E-state index contributed by atoms with van der Waals surface area (Å²) in [5.41, 5.74) is 1.00. The fourth-order valence-corrected chi connectivity index (χ4v) is 5.24. The third-order valence-electron chi connectivity index (χ3n) is 5.00. The molecule has 3 rings (SSSR count). The van der Waals surface area contributed by atoms with Gasteiger partial charge in [0, 0.05) is 29.7 Å². The smallest absolute Gasteiger partial charge is 0.266 e. The summed E-state index contributed by atoms with van der Waals surface area (Å²) in [7, 11) is -4.32. The fraction of sp³-hybridized carbons (Fsp3) is 0.333. The molecule has 2 aromatic rings. The minimum atomic E-state index is -4.32. The molecule has 0 unspecified atom stereocenters. The summed E-state index contributed by atoms with van der Waals surface area (Å²) in [5.74, 6) is -1.80. The van der Waals surface area contributed by atoms with Crippen molar-refractivity contribution in [2.24, 2.45) is 0 Å². The first-order valence-corrected chi connectivity index (χ1v) is 12.1. The van der Waals surface area contributed by atoms with Gasteiger partial charge in [0.25, 0.3) is 10.0 Å². The van der Waals surface area contributed by atoms with E-state index in [1.54, 1.807) is 0 Å². The molecule has 1 aromatic carbocycles. The van der Waals surface area contributed by atoms with Crippen molar-refractivity contribution in [2.75, 3.05) is 11.3 Å². The molecule has 1 aromatic heterocycles. The van der Waals surface area contributed by atoms with Crippen molar-refractivity contribution in [2.45, 2.75) is 43.7 Å². The van der Waals surface area contributed by atoms with Crippen LogP contribution in [0, 0.1) is 11.6 Å². The number of nitrogens with one attached hydrogen (secondary N) is 1. The molecule has 1 atom stereocenters. The molecule has 2 heterocycles. The van der Waals surface area contributed by atoms with Gasteiger partial charge in [0.2, 0.25) is 5.13 Å². The van der Waals surface area contributed by atoms with Gasteiger partial charge in [0.15, 0.2) is 0 Å². The molecule has 6 nitrogen and oxygen atoms in total. The van der Waals surface area contributed by atoms with E-state index in [1.165, 1.54) is 6.33 Å². The molecule has 1 N–H and O–H groups in total. The summed E-state index contributed by atoms with van der Waals surface area (Å²) in [6.45, 7) is 6.94. The predicted molar refractivity (Wildman–Crippen MR) is 118 cm³/mol. The Morgan fingerprint density at radius 3 is 2.84 bits per heavy atom. The summed E-state index contributed by atoms with van der Waals surface area (Å²) < 4.78 is 60.1. The van der Waals surface area contributed by atoms with Gasteiger partial charge in [0.05, 0.1) is 0 Å². The summed E-state index contributed by atoms with van der Waals surface area (Å²) in [4.78, 5) is 4.99. The summed E-state index contributed by atoms with van der Waals surface area (Å²) in [6.07, 6.45) is 11.7. The molecule has 166 valence electrons. The van der Waals surface area contributed by atoms with E-state index in [2.05, 4.69) is 25.6 Å². The Bertz CT molecular complexity index is 1080. The third-order valence-corrected chi connectivity index (χ3v) is 7.07. The maximum absolute atomic E-state index is 14.8. The number of halogens is 2. The number of nitrogens with zero attached hydrogens (tertiary/aromatic N) is 3. The van der Waals surface area contributed by atoms with E-state index in [0.29, 0.717) is 6.07 Å². The van der Waals surface area contributed by atoms with Gasteiger partial charge in [-0.3, -0.25) is 9.62 Å². The van der Waals surface area contributed by atoms with Crippen LogP contribution < -0.4 is 4.72 Å². The Morgan fingerprint density at radius 1 is 1.32 bits per heavy atom. The number of hydrogen-bond donors (Lipinski definition) is 1. The van der Waals surface area contributed by atoms with E-state index >= 15 is 0 Å². The third kappa shape index (κ3) is 5.84. The highest BCUT2D eigenvalue weighted by Gasteiger charge is 2.27. The molecule has 0 spiro atoms. The Hall–Kier alpha value is -2.43. The van der Waals surface area contributed by atoms with Crippen molar-refractivity contribution in [1.82, 2.24) is 14.3 Å². The Balaban J connectivity index is 1.81. The number of aromatic nitrogens is 2. The number of rotatable bonds is 8. The Kier molecular flexibility index (Phi) is 7.69. The van der Waals surface area contributed by atoms with Crippen molar-refractivity contribution < 1.29 is 17.2 Å². The van der Waals surface area contributed by atoms with Gasteiger partial charge in [-0.25, -0.2) is 22.2 Å². The number of piperidine rings is 1. The van der Waals surface area contributed by atoms with E-state index in [4.69, 9.17) is 0 Å². The quantitative estimate of drug-likeness (QED) is 0.573. The lowest BCUT2D eigenvalue weighted by atomic mass is 9.95. The summed E-state index contributed by atoms with van der Waals surface area (Å²) in [5, 5.41) is -0.0236. The molecule has 10 heteroatoms. The van der Waals surface area contributed by atoms with Crippen molar-refractivity contribution in [3.8, 4) is 0 Å². The Morgan fingerprint density at radius 2 is 2.13 bits per heavy atom. The van der Waals surface area contributed by atoms with Crippen LogP contribution in [0.3, 0.4) is 0 Å². The molecule has 1 aliphatic rings. The van der Waals surface area contributed by atoms with Gasteiger partial charge in [-0.2, -0.15) is 4.37 Å². The molecule has 0 saturated carbocycles. The first-order valence-electron chi connectivity index (χ1n) is 9.81. The summed E-state index contributed by atoms with van der Waals surface area (Å²) in [6, 6.07) is 1.68. The van der Waals surface area contributed by atoms with Crippen molar-refractivity contribution in [3.05, 3.63) is 72.1 Å². The first kappa shape index (κ1) is 23.2. The molecular formula is C21H24F2N4O2S2. The fourth-order valence-electron chi connectivity index (χ4n) is 3.51. The van der Waals surface area contributed by atoms with Crippen LogP contribution in [0.15, 0.2) is 59.8 Å². The van der Waals surface area contributed by atoms with E-state index in [9.17, 15) is 17.2 Å². The van der Waals surface area contributed by atoms with Crippen molar-refractivity contribution >= 4 is 26.7 Å². The highest BCUT2D eigenvalue weighted by Crippen LogP contribution is 2.28. The van der Waals surface area contributed by atoms with Gasteiger partial charge in [-0.15, -0.1) is 0 Å². The molecular weight excluding hydrogens is 442 g/mol. The number of allylic oxidation sites excluding steroid dienone is 3. The Labute approximate surface area is 185 Å². The topological polar surface area (TPSA) is 75.2 Å². The van der Waals surface area contributed by atoms with Crippen LogP contribution in [0.5, 0.6) is 0 Å². The molecule has 1 saturated heterocycles. The van der Waals surface area contributed by atoms with Crippen LogP contribution in [-0.2, 0) is 16.6 Å². The maximum Gasteiger partial charge on any atom is 0.266 e. The van der Waals surface area contributed by atoms with Crippen LogP contribution in [0.25, 0.3) is 0 Å². The SMILES string of the molecule is C=C(/C=C\C=C/C)[C@H]1CCCCN1Cc1cc(F)c(S(=O)(=O)Nc2ncns2)cc1F. The molecule has 0 bridgehead atoms. The second kappa shape index (κ2) is 10.3. The minimum Gasteiger partial charge on any atom is -0.292 e. The van der Waals surface area contributed by atoms with Gasteiger partial charge >= 0.3 is 0 Å². The van der Waals surface area contributed by atoms with Crippen molar-refractivity contribution in [1.29, 1.82) is 0 Å². The van der Waals surface area contributed by atoms with Gasteiger partial charge in [0.1, 0.15) is 22.9 Å². The maximum atomic E-state index is 14.8. The minimum absolute atomic E-state index is 0.0141. The van der Waals surface area contributed by atoms with Crippen LogP contribution >= 0.6 is 11.5 Å². The second-order valence-electron chi connectivity index (χ2n) is 7.17. The normalized spacial score (nSPS) is 18.1. The van der Waals surface area contributed by atoms with E-state index in [-0.39, 0.29) is 23.3 Å². The second-order valence-corrected chi connectivity index (χ2v) is 9.60. The highest BCUT2D eigenvalue weighted by molar-refractivity contribution is 7.93. The predicted octanol–water partition coefficient (Wildman–Crippen LogP) is 4.66. The lowest BCUT2D eigenvalue weighted by Crippen LogP contribution is -2.39. The van der Waals surface area contributed by atoms with Crippen LogP contribution in [0.2, 0.25) is 0 Å². The largest absolute Gasteiger partial charge is 0.292 e. The lowest BCUT2D eigenvalue weighted by molar-refractivity contribution is 0.164. The first-order chi connectivity index (χ1) is 14.8. The molecule has 1 fully saturated rings. The average Bonchev–Trinajstić information content (AvgIpc) is 3.23. The van der Waals surface area contributed by atoms with Gasteiger partial charge < -0.3 is 0 Å². The highest BCUT2D eigenvalue weighted by atomic mass is 32.2.